The molecule has 1 aliphatic carbocycles. The monoisotopic (exact) mass is 354 g/mol. The smallest absolute Gasteiger partial charge is 0.159 e. The van der Waals surface area contributed by atoms with E-state index in [1.807, 2.05) is 19.1 Å². The summed E-state index contributed by atoms with van der Waals surface area (Å²) in [6, 6.07) is 12.1. The molecular weight excluding hydrogens is 340 g/mol. The third-order valence-corrected chi connectivity index (χ3v) is 4.64. The van der Waals surface area contributed by atoms with Crippen molar-refractivity contribution in [1.82, 2.24) is 0 Å². The number of allylic oxidation sites excluding steroid dienone is 1. The maximum Gasteiger partial charge on any atom is 0.159 e. The highest BCUT2D eigenvalue weighted by atomic mass is 19.2. The number of hydrogen-bond donors (Lipinski definition) is 0. The van der Waals surface area contributed by atoms with Gasteiger partial charge in [-0.3, -0.25) is 0 Å². The highest BCUT2D eigenvalue weighted by Crippen LogP contribution is 2.36. The van der Waals surface area contributed by atoms with Crippen LogP contribution in [0.2, 0.25) is 0 Å². The molecule has 26 heavy (non-hydrogen) atoms. The van der Waals surface area contributed by atoms with Crippen molar-refractivity contribution in [2.75, 3.05) is 0 Å². The van der Waals surface area contributed by atoms with Gasteiger partial charge in [0, 0.05) is 5.56 Å². The molecule has 0 saturated carbocycles. The average molecular weight is 354 g/mol. The summed E-state index contributed by atoms with van der Waals surface area (Å²) >= 11 is 0. The largest absolute Gasteiger partial charge is 0.206 e. The molecule has 0 unspecified atom stereocenters. The van der Waals surface area contributed by atoms with Crippen molar-refractivity contribution in [2.24, 2.45) is 0 Å². The lowest BCUT2D eigenvalue weighted by atomic mass is 9.97. The van der Waals surface area contributed by atoms with Crippen LogP contribution in [0.3, 0.4) is 0 Å². The molecule has 4 heteroatoms. The lowest BCUT2D eigenvalue weighted by Crippen LogP contribution is -1.97. The lowest BCUT2D eigenvalue weighted by molar-refractivity contribution is 0.507. The van der Waals surface area contributed by atoms with Gasteiger partial charge in [-0.2, -0.15) is 0 Å². The van der Waals surface area contributed by atoms with Gasteiger partial charge in [0.1, 0.15) is 11.6 Å². The van der Waals surface area contributed by atoms with Crippen LogP contribution in [0.4, 0.5) is 17.6 Å². The summed E-state index contributed by atoms with van der Waals surface area (Å²) in [6.45, 7) is 1.93. The van der Waals surface area contributed by atoms with Crippen molar-refractivity contribution < 1.29 is 17.6 Å². The molecule has 0 atom stereocenters. The van der Waals surface area contributed by atoms with Gasteiger partial charge in [0.25, 0.3) is 0 Å². The molecule has 0 spiro atoms. The Labute approximate surface area is 148 Å². The van der Waals surface area contributed by atoms with Crippen molar-refractivity contribution in [2.45, 2.75) is 13.3 Å². The van der Waals surface area contributed by atoms with Crippen LogP contribution in [0.15, 0.2) is 48.5 Å². The third-order valence-electron chi connectivity index (χ3n) is 4.64. The van der Waals surface area contributed by atoms with E-state index in [9.17, 15) is 17.6 Å². The van der Waals surface area contributed by atoms with Crippen molar-refractivity contribution in [3.8, 4) is 11.1 Å². The number of fused-ring (bicyclic) bond motifs is 1. The molecule has 0 nitrogen and oxygen atoms in total. The van der Waals surface area contributed by atoms with E-state index in [4.69, 9.17) is 0 Å². The normalized spacial score (nSPS) is 12.9. The molecule has 0 aliphatic heterocycles. The van der Waals surface area contributed by atoms with Gasteiger partial charge in [-0.15, -0.1) is 0 Å². The van der Waals surface area contributed by atoms with Crippen LogP contribution in [-0.2, 0) is 6.42 Å². The molecule has 130 valence electrons. The maximum absolute atomic E-state index is 14.7. The molecule has 0 fully saturated rings. The summed E-state index contributed by atoms with van der Waals surface area (Å²) in [5.41, 5.74) is 3.39. The Hall–Kier alpha value is -2.88. The maximum atomic E-state index is 14.7. The predicted molar refractivity (Wildman–Crippen MR) is 94.5 cm³/mol. The summed E-state index contributed by atoms with van der Waals surface area (Å²) in [6.07, 6.45) is 1.66. The zero-order valence-electron chi connectivity index (χ0n) is 13.9. The van der Waals surface area contributed by atoms with Gasteiger partial charge in [-0.05, 0) is 65.4 Å². The Morgan fingerprint density at radius 3 is 1.96 bits per heavy atom. The van der Waals surface area contributed by atoms with Crippen LogP contribution >= 0.6 is 0 Å². The molecule has 0 N–H and O–H groups in total. The van der Waals surface area contributed by atoms with Gasteiger partial charge < -0.3 is 0 Å². The Kier molecular flexibility index (Phi) is 3.91. The van der Waals surface area contributed by atoms with E-state index in [1.54, 1.807) is 12.1 Å². The van der Waals surface area contributed by atoms with Crippen molar-refractivity contribution >= 4 is 11.6 Å². The minimum Gasteiger partial charge on any atom is -0.206 e. The van der Waals surface area contributed by atoms with Gasteiger partial charge in [-0.25, -0.2) is 17.6 Å². The average Bonchev–Trinajstić information content (AvgIpc) is 2.97. The van der Waals surface area contributed by atoms with Crippen molar-refractivity contribution in [3.05, 3.63) is 94.1 Å². The number of aryl methyl sites for hydroxylation is 1. The van der Waals surface area contributed by atoms with Crippen LogP contribution in [0, 0.1) is 30.2 Å². The number of hydrogen-bond acceptors (Lipinski definition) is 0. The highest BCUT2D eigenvalue weighted by Gasteiger charge is 2.22. The Bertz CT molecular complexity index is 1020. The van der Waals surface area contributed by atoms with Gasteiger partial charge in [0.15, 0.2) is 11.6 Å². The first-order chi connectivity index (χ1) is 12.4. The summed E-state index contributed by atoms with van der Waals surface area (Å²) in [7, 11) is 0. The molecule has 0 bridgehead atoms. The third kappa shape index (κ3) is 2.81. The molecule has 0 saturated heterocycles. The molecule has 0 amide bonds. The van der Waals surface area contributed by atoms with E-state index < -0.39 is 23.3 Å². The fourth-order valence-electron chi connectivity index (χ4n) is 3.29. The van der Waals surface area contributed by atoms with Crippen molar-refractivity contribution in [3.63, 3.8) is 0 Å². The van der Waals surface area contributed by atoms with E-state index in [-0.39, 0.29) is 12.0 Å². The van der Waals surface area contributed by atoms with Crippen LogP contribution < -0.4 is 0 Å². The summed E-state index contributed by atoms with van der Waals surface area (Å²) in [5.74, 6) is -3.33. The molecule has 3 aromatic carbocycles. The zero-order chi connectivity index (χ0) is 18.4. The van der Waals surface area contributed by atoms with Gasteiger partial charge in [0.2, 0.25) is 0 Å². The minimum absolute atomic E-state index is 0.155. The van der Waals surface area contributed by atoms with E-state index in [2.05, 4.69) is 0 Å². The quantitative estimate of drug-likeness (QED) is 0.473. The van der Waals surface area contributed by atoms with E-state index in [0.29, 0.717) is 27.8 Å². The summed E-state index contributed by atoms with van der Waals surface area (Å²) in [5, 5.41) is 0. The van der Waals surface area contributed by atoms with E-state index in [1.165, 1.54) is 18.2 Å². The molecule has 1 aliphatic rings. The lowest BCUT2D eigenvalue weighted by Gasteiger charge is -2.10. The fraction of sp³-hybridized carbons (Fsp3) is 0.0909. The summed E-state index contributed by atoms with van der Waals surface area (Å²) in [4.78, 5) is 0. The minimum atomic E-state index is -0.975. The first-order valence-electron chi connectivity index (χ1n) is 8.17. The molecule has 0 heterocycles. The molecule has 4 rings (SSSR count). The van der Waals surface area contributed by atoms with Crippen LogP contribution in [0.1, 0.15) is 22.3 Å². The van der Waals surface area contributed by atoms with Gasteiger partial charge in [0.05, 0.1) is 0 Å². The molecular formula is C22H14F4. The van der Waals surface area contributed by atoms with Gasteiger partial charge in [-0.1, -0.05) is 35.9 Å². The molecule has 0 aromatic heterocycles. The van der Waals surface area contributed by atoms with Gasteiger partial charge >= 0.3 is 0 Å². The molecule has 3 aromatic rings. The zero-order valence-corrected chi connectivity index (χ0v) is 13.9. The second kappa shape index (κ2) is 6.13. The molecule has 0 radical (unpaired) electrons. The number of halogens is 4. The first kappa shape index (κ1) is 16.6. The number of benzene rings is 3. The first-order valence-corrected chi connectivity index (χ1v) is 8.17. The Morgan fingerprint density at radius 2 is 1.31 bits per heavy atom. The second-order valence-electron chi connectivity index (χ2n) is 6.49. The predicted octanol–water partition coefficient (Wildman–Crippen LogP) is 6.32. The van der Waals surface area contributed by atoms with E-state index in [0.717, 1.165) is 17.7 Å². The van der Waals surface area contributed by atoms with Crippen LogP contribution in [-0.4, -0.2) is 0 Å². The fourth-order valence-corrected chi connectivity index (χ4v) is 3.29. The Balaban J connectivity index is 1.75. The number of rotatable bonds is 2. The Morgan fingerprint density at radius 1 is 0.692 bits per heavy atom. The summed E-state index contributed by atoms with van der Waals surface area (Å²) < 4.78 is 56.1. The van der Waals surface area contributed by atoms with Crippen LogP contribution in [0.5, 0.6) is 0 Å². The second-order valence-corrected chi connectivity index (χ2v) is 6.49. The topological polar surface area (TPSA) is 0 Å². The van der Waals surface area contributed by atoms with Crippen LogP contribution in [0.25, 0.3) is 22.8 Å². The van der Waals surface area contributed by atoms with E-state index >= 15 is 0 Å². The SMILES string of the molecule is Cc1ccc(-c2cc(F)c(C3=Cc4cc(F)c(F)cc4C3)c(F)c2)cc1. The standard InChI is InChI=1S/C22H14F4/c1-12-2-4-13(5-3-12)16-10-20(25)22(21(26)11-16)17-6-14-8-18(23)19(24)9-15(14)7-17/h2-6,8-11H,7H2,1H3. The highest BCUT2D eigenvalue weighted by molar-refractivity contribution is 5.89. The van der Waals surface area contributed by atoms with Crippen molar-refractivity contribution in [1.29, 1.82) is 0 Å².